The highest BCUT2D eigenvalue weighted by atomic mass is 79.9. The third-order valence-corrected chi connectivity index (χ3v) is 3.68. The maximum atomic E-state index is 11.1. The molecule has 0 N–H and O–H groups in total. The van der Waals surface area contributed by atoms with Gasteiger partial charge >= 0.3 is 0 Å². The molecule has 1 aromatic heterocycles. The first-order valence-corrected chi connectivity index (χ1v) is 6.63. The van der Waals surface area contributed by atoms with Crippen molar-refractivity contribution < 1.29 is 4.79 Å². The molecule has 0 bridgehead atoms. The number of aldehydes is 1. The van der Waals surface area contributed by atoms with Crippen LogP contribution in [0.3, 0.4) is 0 Å². The molecular formula is C13H12BrClN2O. The molecule has 1 aromatic carbocycles. The van der Waals surface area contributed by atoms with Gasteiger partial charge in [-0.2, -0.15) is 0 Å². The molecule has 18 heavy (non-hydrogen) atoms. The highest BCUT2D eigenvalue weighted by Crippen LogP contribution is 2.23. The zero-order valence-corrected chi connectivity index (χ0v) is 12.4. The fourth-order valence-electron chi connectivity index (χ4n) is 1.90. The Morgan fingerprint density at radius 2 is 2.17 bits per heavy atom. The van der Waals surface area contributed by atoms with Crippen LogP contribution in [0.4, 0.5) is 0 Å². The van der Waals surface area contributed by atoms with E-state index in [1.807, 2.05) is 36.6 Å². The molecular weight excluding hydrogens is 316 g/mol. The second kappa shape index (κ2) is 5.24. The molecule has 2 aromatic rings. The topological polar surface area (TPSA) is 34.9 Å². The first-order valence-electron chi connectivity index (χ1n) is 5.45. The molecule has 0 fully saturated rings. The Morgan fingerprint density at radius 3 is 2.78 bits per heavy atom. The fourth-order valence-corrected chi connectivity index (χ4v) is 2.63. The van der Waals surface area contributed by atoms with Crippen LogP contribution in [0, 0.1) is 13.8 Å². The average Bonchev–Trinajstić information content (AvgIpc) is 2.57. The summed E-state index contributed by atoms with van der Waals surface area (Å²) in [5, 5.41) is 0.673. The summed E-state index contributed by atoms with van der Waals surface area (Å²) < 4.78 is 2.81. The molecule has 0 radical (unpaired) electrons. The standard InChI is InChI=1S/C13H12BrClN2O/c1-8-13(7-18)17(9(2)16-8)6-10-3-4-11(14)5-12(10)15/h3-5,7H,6H2,1-2H3. The van der Waals surface area contributed by atoms with Crippen molar-refractivity contribution in [3.05, 3.63) is 50.5 Å². The number of rotatable bonds is 3. The Balaban J connectivity index is 2.42. The Morgan fingerprint density at radius 1 is 1.44 bits per heavy atom. The molecule has 94 valence electrons. The van der Waals surface area contributed by atoms with Crippen LogP contribution in [-0.4, -0.2) is 15.8 Å². The van der Waals surface area contributed by atoms with Gasteiger partial charge < -0.3 is 4.57 Å². The van der Waals surface area contributed by atoms with Crippen LogP contribution in [0.15, 0.2) is 22.7 Å². The van der Waals surface area contributed by atoms with E-state index < -0.39 is 0 Å². The summed E-state index contributed by atoms with van der Waals surface area (Å²) in [6.07, 6.45) is 0.835. The van der Waals surface area contributed by atoms with Gasteiger partial charge in [0.25, 0.3) is 0 Å². The van der Waals surface area contributed by atoms with Gasteiger partial charge in [0.2, 0.25) is 0 Å². The molecule has 0 aliphatic carbocycles. The summed E-state index contributed by atoms with van der Waals surface area (Å²) >= 11 is 9.55. The largest absolute Gasteiger partial charge is 0.321 e. The van der Waals surface area contributed by atoms with E-state index in [0.717, 1.165) is 27.8 Å². The summed E-state index contributed by atoms with van der Waals surface area (Å²) in [7, 11) is 0. The molecule has 5 heteroatoms. The van der Waals surface area contributed by atoms with Crippen molar-refractivity contribution in [2.45, 2.75) is 20.4 Å². The lowest BCUT2D eigenvalue weighted by Crippen LogP contribution is -2.06. The summed E-state index contributed by atoms with van der Waals surface area (Å²) in [5.41, 5.74) is 2.31. The second-order valence-corrected chi connectivity index (χ2v) is 5.39. The normalized spacial score (nSPS) is 10.7. The maximum Gasteiger partial charge on any atom is 0.168 e. The van der Waals surface area contributed by atoms with Crippen molar-refractivity contribution in [2.75, 3.05) is 0 Å². The molecule has 3 nitrogen and oxygen atoms in total. The quantitative estimate of drug-likeness (QED) is 0.804. The number of hydrogen-bond acceptors (Lipinski definition) is 2. The van der Waals surface area contributed by atoms with Crippen molar-refractivity contribution in [2.24, 2.45) is 0 Å². The van der Waals surface area contributed by atoms with Crippen molar-refractivity contribution in [3.63, 3.8) is 0 Å². The van der Waals surface area contributed by atoms with Crippen molar-refractivity contribution in [3.8, 4) is 0 Å². The van der Waals surface area contributed by atoms with E-state index in [4.69, 9.17) is 11.6 Å². The number of aromatic nitrogens is 2. The SMILES string of the molecule is Cc1nc(C)n(Cc2ccc(Br)cc2Cl)c1C=O. The van der Waals surface area contributed by atoms with Crippen LogP contribution in [0.2, 0.25) is 5.02 Å². The molecule has 2 rings (SSSR count). The Bertz CT molecular complexity index is 607. The third kappa shape index (κ3) is 2.49. The average molecular weight is 328 g/mol. The third-order valence-electron chi connectivity index (χ3n) is 2.84. The van der Waals surface area contributed by atoms with Gasteiger partial charge in [-0.15, -0.1) is 0 Å². The summed E-state index contributed by atoms with van der Waals surface area (Å²) in [6, 6.07) is 5.72. The Kier molecular flexibility index (Phi) is 3.88. The van der Waals surface area contributed by atoms with Crippen molar-refractivity contribution >= 4 is 33.8 Å². The van der Waals surface area contributed by atoms with Crippen LogP contribution in [-0.2, 0) is 6.54 Å². The molecule has 0 saturated heterocycles. The molecule has 0 spiro atoms. The Labute approximate surface area is 119 Å². The van der Waals surface area contributed by atoms with Crippen LogP contribution in [0.25, 0.3) is 0 Å². The number of aryl methyl sites for hydroxylation is 2. The minimum atomic E-state index is 0.548. The molecule has 0 amide bonds. The lowest BCUT2D eigenvalue weighted by molar-refractivity contribution is 0.111. The van der Waals surface area contributed by atoms with Gasteiger partial charge in [-0.05, 0) is 31.5 Å². The van der Waals surface area contributed by atoms with Gasteiger partial charge in [0.05, 0.1) is 12.2 Å². The van der Waals surface area contributed by atoms with E-state index in [-0.39, 0.29) is 0 Å². The monoisotopic (exact) mass is 326 g/mol. The van der Waals surface area contributed by atoms with Crippen LogP contribution < -0.4 is 0 Å². The van der Waals surface area contributed by atoms with Crippen LogP contribution in [0.1, 0.15) is 27.6 Å². The molecule has 1 heterocycles. The van der Waals surface area contributed by atoms with Crippen LogP contribution in [0.5, 0.6) is 0 Å². The number of benzene rings is 1. The number of carbonyl (C=O) groups is 1. The zero-order chi connectivity index (χ0) is 13.3. The van der Waals surface area contributed by atoms with E-state index in [2.05, 4.69) is 20.9 Å². The minimum Gasteiger partial charge on any atom is -0.321 e. The number of carbonyl (C=O) groups excluding carboxylic acids is 1. The first-order chi connectivity index (χ1) is 8.52. The lowest BCUT2D eigenvalue weighted by Gasteiger charge is -2.09. The number of hydrogen-bond donors (Lipinski definition) is 0. The molecule has 0 saturated carbocycles. The van der Waals surface area contributed by atoms with Gasteiger partial charge in [0, 0.05) is 9.50 Å². The summed E-state index contributed by atoms with van der Waals surface area (Å²) in [6.45, 7) is 4.26. The van der Waals surface area contributed by atoms with Gasteiger partial charge in [0.15, 0.2) is 6.29 Å². The highest BCUT2D eigenvalue weighted by molar-refractivity contribution is 9.10. The minimum absolute atomic E-state index is 0.548. The fraction of sp³-hybridized carbons (Fsp3) is 0.231. The van der Waals surface area contributed by atoms with Gasteiger partial charge in [0.1, 0.15) is 11.5 Å². The molecule has 0 aliphatic heterocycles. The highest BCUT2D eigenvalue weighted by Gasteiger charge is 2.12. The van der Waals surface area contributed by atoms with E-state index >= 15 is 0 Å². The van der Waals surface area contributed by atoms with E-state index in [0.29, 0.717) is 17.3 Å². The van der Waals surface area contributed by atoms with E-state index in [1.165, 1.54) is 0 Å². The van der Waals surface area contributed by atoms with Gasteiger partial charge in [-0.1, -0.05) is 33.6 Å². The maximum absolute atomic E-state index is 11.1. The smallest absolute Gasteiger partial charge is 0.168 e. The predicted octanol–water partition coefficient (Wildman–Crippen LogP) is 3.78. The molecule has 0 atom stereocenters. The van der Waals surface area contributed by atoms with E-state index in [1.54, 1.807) is 0 Å². The van der Waals surface area contributed by atoms with Gasteiger partial charge in [-0.25, -0.2) is 4.98 Å². The van der Waals surface area contributed by atoms with Crippen molar-refractivity contribution in [1.29, 1.82) is 0 Å². The molecule has 0 unspecified atom stereocenters. The number of imidazole rings is 1. The van der Waals surface area contributed by atoms with E-state index in [9.17, 15) is 4.79 Å². The second-order valence-electron chi connectivity index (χ2n) is 4.07. The summed E-state index contributed by atoms with van der Waals surface area (Å²) in [4.78, 5) is 15.4. The zero-order valence-electron chi connectivity index (χ0n) is 10.1. The Hall–Kier alpha value is -1.13. The first kappa shape index (κ1) is 13.3. The van der Waals surface area contributed by atoms with Crippen molar-refractivity contribution in [1.82, 2.24) is 9.55 Å². The van der Waals surface area contributed by atoms with Gasteiger partial charge in [-0.3, -0.25) is 4.79 Å². The van der Waals surface area contributed by atoms with Crippen LogP contribution >= 0.6 is 27.5 Å². The summed E-state index contributed by atoms with van der Waals surface area (Å²) in [5.74, 6) is 0.814. The number of nitrogens with zero attached hydrogens (tertiary/aromatic N) is 2. The predicted molar refractivity (Wildman–Crippen MR) is 75.3 cm³/mol. The lowest BCUT2D eigenvalue weighted by atomic mass is 10.2. The number of halogens is 2. The molecule has 0 aliphatic rings.